The molecular formula is C13H16N4S. The monoisotopic (exact) mass is 260 g/mol. The molecule has 4 nitrogen and oxygen atoms in total. The van der Waals surface area contributed by atoms with Crippen molar-refractivity contribution in [3.8, 4) is 11.1 Å². The number of rotatable bonds is 5. The van der Waals surface area contributed by atoms with E-state index in [1.54, 1.807) is 11.8 Å². The van der Waals surface area contributed by atoms with Gasteiger partial charge in [-0.25, -0.2) is 9.97 Å². The van der Waals surface area contributed by atoms with E-state index >= 15 is 0 Å². The van der Waals surface area contributed by atoms with Gasteiger partial charge in [0, 0.05) is 35.9 Å². The molecule has 0 atom stereocenters. The molecule has 2 rings (SSSR count). The van der Waals surface area contributed by atoms with Crippen LogP contribution in [0.1, 0.15) is 0 Å². The summed E-state index contributed by atoms with van der Waals surface area (Å²) in [4.78, 5) is 9.76. The third-order valence-electron chi connectivity index (χ3n) is 2.50. The average Bonchev–Trinajstić information content (AvgIpc) is 2.46. The number of hydrogen-bond acceptors (Lipinski definition) is 5. The van der Waals surface area contributed by atoms with E-state index in [4.69, 9.17) is 5.73 Å². The first-order chi connectivity index (χ1) is 8.83. The smallest absolute Gasteiger partial charge is 0.222 e. The van der Waals surface area contributed by atoms with Crippen molar-refractivity contribution in [1.29, 1.82) is 0 Å². The molecule has 2 aromatic rings. The third-order valence-corrected chi connectivity index (χ3v) is 3.25. The molecule has 0 aliphatic carbocycles. The second-order valence-electron chi connectivity index (χ2n) is 3.74. The normalized spacial score (nSPS) is 10.3. The maximum absolute atomic E-state index is 5.40. The molecule has 0 fully saturated rings. The van der Waals surface area contributed by atoms with E-state index in [0.29, 0.717) is 19.0 Å². The van der Waals surface area contributed by atoms with E-state index in [1.165, 1.54) is 4.90 Å². The molecule has 94 valence electrons. The largest absolute Gasteiger partial charge is 0.353 e. The molecule has 1 heterocycles. The van der Waals surface area contributed by atoms with Crippen LogP contribution in [0, 0.1) is 0 Å². The molecule has 3 N–H and O–H groups in total. The minimum Gasteiger partial charge on any atom is -0.353 e. The molecule has 0 bridgehead atoms. The fourth-order valence-corrected chi connectivity index (χ4v) is 1.94. The van der Waals surface area contributed by atoms with Crippen LogP contribution < -0.4 is 11.1 Å². The van der Waals surface area contributed by atoms with Gasteiger partial charge in [-0.05, 0) is 24.0 Å². The number of anilines is 1. The summed E-state index contributed by atoms with van der Waals surface area (Å²) in [7, 11) is 0. The third kappa shape index (κ3) is 3.21. The van der Waals surface area contributed by atoms with E-state index in [1.807, 2.05) is 12.4 Å². The number of nitrogens with one attached hydrogen (secondary N) is 1. The summed E-state index contributed by atoms with van der Waals surface area (Å²) in [6.07, 6.45) is 5.70. The maximum atomic E-state index is 5.40. The van der Waals surface area contributed by atoms with E-state index in [9.17, 15) is 0 Å². The zero-order chi connectivity index (χ0) is 12.8. The number of nitrogens with two attached hydrogens (primary N) is 1. The SMILES string of the molecule is CSc1ccc(-c2cnc(NCCN)nc2)cc1. The number of benzene rings is 1. The second-order valence-corrected chi connectivity index (χ2v) is 4.62. The summed E-state index contributed by atoms with van der Waals surface area (Å²) in [6.45, 7) is 1.25. The fraction of sp³-hybridized carbons (Fsp3) is 0.231. The quantitative estimate of drug-likeness (QED) is 0.807. The summed E-state index contributed by atoms with van der Waals surface area (Å²) in [5.41, 5.74) is 7.54. The van der Waals surface area contributed by atoms with E-state index in [-0.39, 0.29) is 0 Å². The predicted molar refractivity (Wildman–Crippen MR) is 76.8 cm³/mol. The van der Waals surface area contributed by atoms with Crippen LogP contribution in [0.4, 0.5) is 5.95 Å². The molecule has 0 amide bonds. The first-order valence-corrected chi connectivity index (χ1v) is 6.96. The lowest BCUT2D eigenvalue weighted by molar-refractivity contribution is 0.990. The van der Waals surface area contributed by atoms with Crippen molar-refractivity contribution in [2.45, 2.75) is 4.90 Å². The van der Waals surface area contributed by atoms with Crippen molar-refractivity contribution in [1.82, 2.24) is 9.97 Å². The summed E-state index contributed by atoms with van der Waals surface area (Å²) < 4.78 is 0. The van der Waals surface area contributed by atoms with Gasteiger partial charge in [-0.1, -0.05) is 12.1 Å². The van der Waals surface area contributed by atoms with E-state index < -0.39 is 0 Å². The molecule has 0 unspecified atom stereocenters. The van der Waals surface area contributed by atoms with Crippen molar-refractivity contribution in [3.63, 3.8) is 0 Å². The van der Waals surface area contributed by atoms with Crippen molar-refractivity contribution in [2.24, 2.45) is 5.73 Å². The van der Waals surface area contributed by atoms with Gasteiger partial charge in [0.25, 0.3) is 0 Å². The highest BCUT2D eigenvalue weighted by atomic mass is 32.2. The molecule has 1 aromatic heterocycles. The molecular weight excluding hydrogens is 244 g/mol. The molecule has 0 radical (unpaired) electrons. The van der Waals surface area contributed by atoms with Crippen LogP contribution >= 0.6 is 11.8 Å². The van der Waals surface area contributed by atoms with Gasteiger partial charge in [-0.2, -0.15) is 0 Å². The summed E-state index contributed by atoms with van der Waals surface area (Å²) >= 11 is 1.73. The number of nitrogens with zero attached hydrogens (tertiary/aromatic N) is 2. The Morgan fingerprint density at radius 2 is 1.78 bits per heavy atom. The second kappa shape index (κ2) is 6.37. The Morgan fingerprint density at radius 1 is 1.11 bits per heavy atom. The Bertz CT molecular complexity index is 481. The van der Waals surface area contributed by atoms with Crippen LogP contribution in [0.3, 0.4) is 0 Å². The predicted octanol–water partition coefficient (Wildman–Crippen LogP) is 2.24. The lowest BCUT2D eigenvalue weighted by Gasteiger charge is -2.05. The van der Waals surface area contributed by atoms with Gasteiger partial charge < -0.3 is 11.1 Å². The Hall–Kier alpha value is -1.59. The lowest BCUT2D eigenvalue weighted by atomic mass is 10.1. The fourth-order valence-electron chi connectivity index (χ4n) is 1.54. The van der Waals surface area contributed by atoms with E-state index in [2.05, 4.69) is 45.8 Å². The van der Waals surface area contributed by atoms with Gasteiger partial charge >= 0.3 is 0 Å². The van der Waals surface area contributed by atoms with Crippen LogP contribution in [0.15, 0.2) is 41.6 Å². The molecule has 18 heavy (non-hydrogen) atoms. The molecule has 5 heteroatoms. The maximum Gasteiger partial charge on any atom is 0.222 e. The highest BCUT2D eigenvalue weighted by molar-refractivity contribution is 7.98. The topological polar surface area (TPSA) is 63.8 Å². The minimum absolute atomic E-state index is 0.571. The van der Waals surface area contributed by atoms with Crippen LogP contribution in [-0.4, -0.2) is 29.3 Å². The minimum atomic E-state index is 0.571. The highest BCUT2D eigenvalue weighted by Crippen LogP contribution is 2.22. The number of aromatic nitrogens is 2. The average molecular weight is 260 g/mol. The molecule has 0 saturated heterocycles. The van der Waals surface area contributed by atoms with Gasteiger partial charge in [0.05, 0.1) is 0 Å². The van der Waals surface area contributed by atoms with Gasteiger partial charge in [0.1, 0.15) is 0 Å². The summed E-state index contributed by atoms with van der Waals surface area (Å²) in [5.74, 6) is 0.616. The van der Waals surface area contributed by atoms with Crippen molar-refractivity contribution in [2.75, 3.05) is 24.7 Å². The Balaban J connectivity index is 2.12. The van der Waals surface area contributed by atoms with Gasteiger partial charge in [-0.15, -0.1) is 11.8 Å². The van der Waals surface area contributed by atoms with Crippen molar-refractivity contribution >= 4 is 17.7 Å². The zero-order valence-electron chi connectivity index (χ0n) is 10.3. The Labute approximate surface area is 111 Å². The standard InChI is InChI=1S/C13H16N4S/c1-18-12-4-2-10(3-5-12)11-8-16-13(17-9-11)15-7-6-14/h2-5,8-9H,6-7,14H2,1H3,(H,15,16,17). The molecule has 0 spiro atoms. The molecule has 0 saturated carbocycles. The number of thioether (sulfide) groups is 1. The molecule has 0 aliphatic rings. The lowest BCUT2D eigenvalue weighted by Crippen LogP contribution is -2.14. The van der Waals surface area contributed by atoms with Gasteiger partial charge in [0.15, 0.2) is 0 Å². The van der Waals surface area contributed by atoms with Crippen LogP contribution in [0.5, 0.6) is 0 Å². The molecule has 1 aromatic carbocycles. The first-order valence-electron chi connectivity index (χ1n) is 5.74. The van der Waals surface area contributed by atoms with Gasteiger partial charge in [0.2, 0.25) is 5.95 Å². The van der Waals surface area contributed by atoms with E-state index in [0.717, 1.165) is 11.1 Å². The van der Waals surface area contributed by atoms with Crippen LogP contribution in [-0.2, 0) is 0 Å². The van der Waals surface area contributed by atoms with Crippen molar-refractivity contribution in [3.05, 3.63) is 36.7 Å². The Morgan fingerprint density at radius 3 is 2.33 bits per heavy atom. The van der Waals surface area contributed by atoms with Crippen LogP contribution in [0.25, 0.3) is 11.1 Å². The van der Waals surface area contributed by atoms with Crippen molar-refractivity contribution < 1.29 is 0 Å². The zero-order valence-corrected chi connectivity index (χ0v) is 11.1. The Kier molecular flexibility index (Phi) is 4.55. The van der Waals surface area contributed by atoms with Crippen LogP contribution in [0.2, 0.25) is 0 Å². The van der Waals surface area contributed by atoms with Gasteiger partial charge in [-0.3, -0.25) is 0 Å². The first kappa shape index (κ1) is 12.9. The summed E-state index contributed by atoms with van der Waals surface area (Å²) in [6, 6.07) is 8.36. The summed E-state index contributed by atoms with van der Waals surface area (Å²) in [5, 5.41) is 3.04. The molecule has 0 aliphatic heterocycles. The number of hydrogen-bond donors (Lipinski definition) is 2. The highest BCUT2D eigenvalue weighted by Gasteiger charge is 2.00.